The second-order valence-electron chi connectivity index (χ2n) is 5.93. The molecule has 3 heterocycles. The summed E-state index contributed by atoms with van der Waals surface area (Å²) in [4.78, 5) is 13.4. The van der Waals surface area contributed by atoms with Crippen LogP contribution in [0.3, 0.4) is 0 Å². The van der Waals surface area contributed by atoms with E-state index in [0.29, 0.717) is 5.02 Å². The molecule has 7 heteroatoms. The Morgan fingerprint density at radius 1 is 1.09 bits per heavy atom. The van der Waals surface area contributed by atoms with Crippen LogP contribution in [0.5, 0.6) is 0 Å². The molecule has 0 amide bonds. The van der Waals surface area contributed by atoms with Gasteiger partial charge in [0.05, 0.1) is 23.6 Å². The van der Waals surface area contributed by atoms with Crippen LogP contribution in [0.1, 0.15) is 25.3 Å². The minimum Gasteiger partial charge on any atom is -0.339 e. The molecule has 0 aromatic carbocycles. The summed E-state index contributed by atoms with van der Waals surface area (Å²) >= 11 is 5.86. The molecular weight excluding hydrogens is 312 g/mol. The zero-order valence-electron chi connectivity index (χ0n) is 13.5. The van der Waals surface area contributed by atoms with Crippen LogP contribution in [-0.2, 0) is 13.1 Å². The molecule has 2 aromatic rings. The van der Waals surface area contributed by atoms with Gasteiger partial charge in [0, 0.05) is 51.0 Å². The number of halogens is 1. The van der Waals surface area contributed by atoms with Crippen LogP contribution in [0.4, 0.5) is 5.95 Å². The highest BCUT2D eigenvalue weighted by atomic mass is 35.5. The molecule has 2 aromatic heterocycles. The summed E-state index contributed by atoms with van der Waals surface area (Å²) in [6.45, 7) is 8.12. The third-order valence-corrected chi connectivity index (χ3v) is 4.22. The van der Waals surface area contributed by atoms with Gasteiger partial charge in [0.15, 0.2) is 0 Å². The van der Waals surface area contributed by atoms with Crippen LogP contribution in [-0.4, -0.2) is 50.8 Å². The van der Waals surface area contributed by atoms with Gasteiger partial charge in [-0.25, -0.2) is 9.97 Å². The molecular formula is C16H23ClN6. The van der Waals surface area contributed by atoms with E-state index < -0.39 is 0 Å². The molecule has 0 saturated carbocycles. The fraction of sp³-hybridized carbons (Fsp3) is 0.562. The van der Waals surface area contributed by atoms with E-state index in [2.05, 4.69) is 38.0 Å². The van der Waals surface area contributed by atoms with Gasteiger partial charge in [0.1, 0.15) is 0 Å². The van der Waals surface area contributed by atoms with Crippen LogP contribution in [0.15, 0.2) is 24.8 Å². The molecule has 0 aliphatic carbocycles. The Hall–Kier alpha value is -1.66. The summed E-state index contributed by atoms with van der Waals surface area (Å²) in [6, 6.07) is 0. The normalized spacial score (nSPS) is 16.5. The van der Waals surface area contributed by atoms with Gasteiger partial charge in [-0.3, -0.25) is 9.58 Å². The Morgan fingerprint density at radius 3 is 2.70 bits per heavy atom. The highest BCUT2D eigenvalue weighted by Crippen LogP contribution is 2.14. The first-order valence-electron chi connectivity index (χ1n) is 8.21. The lowest BCUT2D eigenvalue weighted by Crippen LogP contribution is -2.31. The van der Waals surface area contributed by atoms with Gasteiger partial charge < -0.3 is 4.90 Å². The maximum absolute atomic E-state index is 5.86. The molecule has 0 radical (unpaired) electrons. The molecule has 6 nitrogen and oxygen atoms in total. The number of hydrogen-bond donors (Lipinski definition) is 0. The molecule has 23 heavy (non-hydrogen) atoms. The van der Waals surface area contributed by atoms with Gasteiger partial charge >= 0.3 is 0 Å². The first kappa shape index (κ1) is 16.2. The molecule has 0 unspecified atom stereocenters. The molecule has 1 fully saturated rings. The Bertz CT molecular complexity index is 611. The summed E-state index contributed by atoms with van der Waals surface area (Å²) < 4.78 is 2.03. The number of aryl methyl sites for hydroxylation is 1. The van der Waals surface area contributed by atoms with Crippen molar-refractivity contribution in [1.82, 2.24) is 24.6 Å². The average Bonchev–Trinajstić information content (AvgIpc) is 2.85. The molecule has 3 rings (SSSR count). The second-order valence-corrected chi connectivity index (χ2v) is 6.37. The molecule has 124 valence electrons. The monoisotopic (exact) mass is 334 g/mol. The highest BCUT2D eigenvalue weighted by molar-refractivity contribution is 6.30. The number of aromatic nitrogens is 4. The zero-order valence-corrected chi connectivity index (χ0v) is 14.3. The first-order chi connectivity index (χ1) is 11.2. The van der Waals surface area contributed by atoms with Crippen LogP contribution in [0.2, 0.25) is 5.02 Å². The summed E-state index contributed by atoms with van der Waals surface area (Å²) in [5, 5.41) is 4.99. The van der Waals surface area contributed by atoms with Gasteiger partial charge in [-0.05, 0) is 12.8 Å². The number of rotatable bonds is 5. The summed E-state index contributed by atoms with van der Waals surface area (Å²) in [5.74, 6) is 0.770. The Labute approximate surface area is 142 Å². The molecule has 0 bridgehead atoms. The second kappa shape index (κ2) is 7.75. The summed E-state index contributed by atoms with van der Waals surface area (Å²) in [7, 11) is 0. The van der Waals surface area contributed by atoms with Crippen molar-refractivity contribution in [2.24, 2.45) is 0 Å². The minimum atomic E-state index is 0.578. The van der Waals surface area contributed by atoms with Crippen LogP contribution >= 0.6 is 11.6 Å². The summed E-state index contributed by atoms with van der Waals surface area (Å²) in [6.07, 6.45) is 9.69. The van der Waals surface area contributed by atoms with E-state index in [0.717, 1.165) is 58.1 Å². The van der Waals surface area contributed by atoms with E-state index in [1.807, 2.05) is 10.9 Å². The molecule has 1 saturated heterocycles. The van der Waals surface area contributed by atoms with Crippen molar-refractivity contribution in [2.45, 2.75) is 32.9 Å². The first-order valence-corrected chi connectivity index (χ1v) is 8.58. The lowest BCUT2D eigenvalue weighted by atomic mass is 10.3. The van der Waals surface area contributed by atoms with Gasteiger partial charge in [-0.15, -0.1) is 0 Å². The van der Waals surface area contributed by atoms with Crippen molar-refractivity contribution in [3.63, 3.8) is 0 Å². The van der Waals surface area contributed by atoms with Crippen LogP contribution < -0.4 is 4.90 Å². The topological polar surface area (TPSA) is 50.1 Å². The van der Waals surface area contributed by atoms with E-state index in [4.69, 9.17) is 11.6 Å². The zero-order chi connectivity index (χ0) is 16.1. The number of nitrogens with zero attached hydrogens (tertiary/aromatic N) is 6. The van der Waals surface area contributed by atoms with E-state index in [1.165, 1.54) is 5.56 Å². The van der Waals surface area contributed by atoms with E-state index in [-0.39, 0.29) is 0 Å². The van der Waals surface area contributed by atoms with Gasteiger partial charge in [-0.2, -0.15) is 5.10 Å². The van der Waals surface area contributed by atoms with Gasteiger partial charge in [0.25, 0.3) is 0 Å². The predicted octanol–water partition coefficient (Wildman–Crippen LogP) is 2.45. The summed E-state index contributed by atoms with van der Waals surface area (Å²) in [5.41, 5.74) is 1.29. The third kappa shape index (κ3) is 4.42. The van der Waals surface area contributed by atoms with Gasteiger partial charge in [0.2, 0.25) is 5.95 Å². The van der Waals surface area contributed by atoms with Gasteiger partial charge in [-0.1, -0.05) is 18.5 Å². The minimum absolute atomic E-state index is 0.578. The molecule has 0 atom stereocenters. The largest absolute Gasteiger partial charge is 0.339 e. The highest BCUT2D eigenvalue weighted by Gasteiger charge is 2.17. The Morgan fingerprint density at radius 2 is 1.91 bits per heavy atom. The van der Waals surface area contributed by atoms with Crippen molar-refractivity contribution in [3.8, 4) is 0 Å². The number of anilines is 1. The standard InChI is InChI=1S/C16H23ClN6/c1-2-4-23-13-14(9-20-23)12-21-5-3-6-22(8-7-21)16-18-10-15(17)11-19-16/h9-11,13H,2-8,12H2,1H3. The van der Waals surface area contributed by atoms with Crippen molar-refractivity contribution < 1.29 is 0 Å². The fourth-order valence-electron chi connectivity index (χ4n) is 2.90. The van der Waals surface area contributed by atoms with Crippen LogP contribution in [0.25, 0.3) is 0 Å². The lowest BCUT2D eigenvalue weighted by molar-refractivity contribution is 0.285. The Balaban J connectivity index is 1.56. The maximum atomic E-state index is 5.86. The molecule has 1 aliphatic rings. The quantitative estimate of drug-likeness (QED) is 0.840. The predicted molar refractivity (Wildman–Crippen MR) is 91.7 cm³/mol. The van der Waals surface area contributed by atoms with E-state index >= 15 is 0 Å². The van der Waals surface area contributed by atoms with Crippen LogP contribution in [0, 0.1) is 0 Å². The fourth-order valence-corrected chi connectivity index (χ4v) is 2.99. The molecule has 0 spiro atoms. The van der Waals surface area contributed by atoms with E-state index in [9.17, 15) is 0 Å². The lowest BCUT2D eigenvalue weighted by Gasteiger charge is -2.21. The number of hydrogen-bond acceptors (Lipinski definition) is 5. The Kier molecular flexibility index (Phi) is 5.46. The van der Waals surface area contributed by atoms with Crippen molar-refractivity contribution in [2.75, 3.05) is 31.1 Å². The average molecular weight is 335 g/mol. The van der Waals surface area contributed by atoms with Crippen molar-refractivity contribution in [3.05, 3.63) is 35.4 Å². The van der Waals surface area contributed by atoms with Crippen molar-refractivity contribution >= 4 is 17.5 Å². The van der Waals surface area contributed by atoms with E-state index in [1.54, 1.807) is 12.4 Å². The van der Waals surface area contributed by atoms with Crippen molar-refractivity contribution in [1.29, 1.82) is 0 Å². The smallest absolute Gasteiger partial charge is 0.225 e. The SMILES string of the molecule is CCCn1cc(CN2CCCN(c3ncc(Cl)cn3)CC2)cn1. The molecule has 1 aliphatic heterocycles. The maximum Gasteiger partial charge on any atom is 0.225 e. The third-order valence-electron chi connectivity index (χ3n) is 4.02. The molecule has 0 N–H and O–H groups in total.